The smallest absolute Gasteiger partial charge is 0.129 e. The molecule has 42 heavy (non-hydrogen) atoms. The Morgan fingerprint density at radius 3 is 2.19 bits per heavy atom. The quantitative estimate of drug-likeness (QED) is 0.132. The van der Waals surface area contributed by atoms with Crippen molar-refractivity contribution in [3.05, 3.63) is 145 Å². The van der Waals surface area contributed by atoms with Crippen LogP contribution in [0.1, 0.15) is 11.1 Å². The molecule has 0 N–H and O–H groups in total. The number of pyridine rings is 2. The van der Waals surface area contributed by atoms with Crippen molar-refractivity contribution in [2.45, 2.75) is 13.8 Å². The van der Waals surface area contributed by atoms with E-state index in [0.717, 1.165) is 49.8 Å². The Kier molecular flexibility index (Phi) is 7.67. The van der Waals surface area contributed by atoms with Crippen LogP contribution >= 0.6 is 0 Å². The molecule has 0 saturated heterocycles. The molecule has 0 aliphatic rings. The molecule has 3 heterocycles. The maximum Gasteiger partial charge on any atom is 0.129 e. The van der Waals surface area contributed by atoms with E-state index in [1.54, 1.807) is 6.20 Å². The summed E-state index contributed by atoms with van der Waals surface area (Å²) in [5.74, 6) is 0. The number of nitrogens with zero attached hydrogens (tertiary/aromatic N) is 2. The van der Waals surface area contributed by atoms with E-state index >= 15 is 0 Å². The molecule has 0 amide bonds. The summed E-state index contributed by atoms with van der Waals surface area (Å²) < 4.78 is 6.49. The second-order valence-electron chi connectivity index (χ2n) is 10.2. The number of aromatic nitrogens is 2. The Morgan fingerprint density at radius 1 is 0.595 bits per heavy atom. The average Bonchev–Trinajstić information content (AvgIpc) is 3.42. The first-order valence-electron chi connectivity index (χ1n) is 13.7. The van der Waals surface area contributed by atoms with Crippen molar-refractivity contribution in [1.29, 1.82) is 0 Å². The number of fused-ring (bicyclic) bond motifs is 7. The van der Waals surface area contributed by atoms with Crippen LogP contribution < -0.4 is 0 Å². The topological polar surface area (TPSA) is 38.9 Å². The average molecular weight is 719 g/mol. The van der Waals surface area contributed by atoms with Gasteiger partial charge in [-0.15, -0.1) is 54.1 Å². The van der Waals surface area contributed by atoms with Crippen molar-refractivity contribution < 1.29 is 24.5 Å². The largest absolute Gasteiger partial charge is 0.500 e. The van der Waals surface area contributed by atoms with Gasteiger partial charge < -0.3 is 14.4 Å². The van der Waals surface area contributed by atoms with Crippen LogP contribution in [-0.4, -0.2) is 9.97 Å². The van der Waals surface area contributed by atoms with Crippen molar-refractivity contribution in [2.75, 3.05) is 0 Å². The van der Waals surface area contributed by atoms with Crippen LogP contribution in [0.2, 0.25) is 0 Å². The van der Waals surface area contributed by atoms with Crippen LogP contribution in [0.4, 0.5) is 0 Å². The normalized spacial score (nSPS) is 10.9. The molecule has 0 atom stereocenters. The minimum absolute atomic E-state index is 0. The van der Waals surface area contributed by atoms with Crippen LogP contribution in [0, 0.1) is 26.0 Å². The van der Waals surface area contributed by atoms with Crippen LogP contribution in [0.15, 0.2) is 126 Å². The predicted octanol–water partition coefficient (Wildman–Crippen LogP) is 9.92. The molecule has 1 radical (unpaired) electrons. The molecule has 205 valence electrons. The van der Waals surface area contributed by atoms with Gasteiger partial charge in [0, 0.05) is 43.3 Å². The third-order valence-electron chi connectivity index (χ3n) is 7.58. The molecule has 5 aromatic carbocycles. The first-order valence-corrected chi connectivity index (χ1v) is 13.7. The maximum absolute atomic E-state index is 6.49. The summed E-state index contributed by atoms with van der Waals surface area (Å²) in [5, 5.41) is 6.99. The summed E-state index contributed by atoms with van der Waals surface area (Å²) in [4.78, 5) is 8.87. The zero-order valence-corrected chi connectivity index (χ0v) is 25.6. The number of benzene rings is 5. The van der Waals surface area contributed by atoms with Crippen molar-refractivity contribution in [3.63, 3.8) is 0 Å². The number of aryl methyl sites for hydroxylation is 2. The molecule has 3 aromatic heterocycles. The van der Waals surface area contributed by atoms with Gasteiger partial charge in [0.25, 0.3) is 0 Å². The Balaban J connectivity index is 0.000000179. The van der Waals surface area contributed by atoms with Gasteiger partial charge in [0.2, 0.25) is 0 Å². The Bertz CT molecular complexity index is 2170. The predicted molar refractivity (Wildman–Crippen MR) is 169 cm³/mol. The molecule has 0 aliphatic heterocycles. The van der Waals surface area contributed by atoms with Crippen LogP contribution in [0.5, 0.6) is 0 Å². The number of furan rings is 1. The fraction of sp³-hybridized carbons (Fsp3) is 0.0526. The summed E-state index contributed by atoms with van der Waals surface area (Å²) in [6.07, 6.45) is 3.71. The molecule has 0 aliphatic carbocycles. The van der Waals surface area contributed by atoms with E-state index in [2.05, 4.69) is 96.6 Å². The Hall–Kier alpha value is -4.63. The van der Waals surface area contributed by atoms with Gasteiger partial charge in [-0.25, -0.2) is 0 Å². The van der Waals surface area contributed by atoms with Crippen LogP contribution in [0.3, 0.4) is 0 Å². The summed E-state index contributed by atoms with van der Waals surface area (Å²) >= 11 is 0. The minimum atomic E-state index is 0. The first kappa shape index (κ1) is 27.5. The molecule has 0 fully saturated rings. The molecule has 8 aromatic rings. The van der Waals surface area contributed by atoms with Crippen molar-refractivity contribution in [3.8, 4) is 22.5 Å². The summed E-state index contributed by atoms with van der Waals surface area (Å²) in [6.45, 7) is 4.17. The van der Waals surface area contributed by atoms with Gasteiger partial charge in [-0.05, 0) is 53.0 Å². The molecular formula is C38H26IrN2O-2. The Labute approximate surface area is 258 Å². The summed E-state index contributed by atoms with van der Waals surface area (Å²) in [5.41, 5.74) is 8.08. The van der Waals surface area contributed by atoms with E-state index in [9.17, 15) is 0 Å². The van der Waals surface area contributed by atoms with E-state index < -0.39 is 0 Å². The van der Waals surface area contributed by atoms with Crippen molar-refractivity contribution in [1.82, 2.24) is 9.97 Å². The van der Waals surface area contributed by atoms with Gasteiger partial charge in [-0.1, -0.05) is 83.2 Å². The molecule has 4 heteroatoms. The summed E-state index contributed by atoms with van der Waals surface area (Å²) in [6, 6.07) is 43.5. The molecular weight excluding hydrogens is 693 g/mol. The first-order chi connectivity index (χ1) is 20.2. The van der Waals surface area contributed by atoms with E-state index in [1.165, 1.54) is 27.3 Å². The fourth-order valence-electron chi connectivity index (χ4n) is 5.31. The zero-order valence-electron chi connectivity index (χ0n) is 23.2. The van der Waals surface area contributed by atoms with Gasteiger partial charge in [-0.3, -0.25) is 0 Å². The number of hydrogen-bond donors (Lipinski definition) is 0. The van der Waals surface area contributed by atoms with Crippen LogP contribution in [0.25, 0.3) is 66.0 Å². The zero-order chi connectivity index (χ0) is 27.8. The summed E-state index contributed by atoms with van der Waals surface area (Å²) in [7, 11) is 0. The van der Waals surface area contributed by atoms with Crippen molar-refractivity contribution in [2.24, 2.45) is 0 Å². The van der Waals surface area contributed by atoms with E-state index in [0.29, 0.717) is 0 Å². The third-order valence-corrected chi connectivity index (χ3v) is 7.58. The second kappa shape index (κ2) is 11.7. The number of rotatable bonds is 2. The molecule has 3 nitrogen and oxygen atoms in total. The van der Waals surface area contributed by atoms with E-state index in [-0.39, 0.29) is 20.1 Å². The van der Waals surface area contributed by atoms with E-state index in [1.807, 2.05) is 54.7 Å². The van der Waals surface area contributed by atoms with Gasteiger partial charge in [0.05, 0.1) is 5.58 Å². The standard InChI is InChI=1S/C25H14NO.C13H12N.Ir/c1-2-7-18-16(6-1)11-12-17-13-14-20-19-8-5-9-21(22-10-3-4-15-26-22)24(19)27-25(20)23(17)18;1-10-8-13(14-9-11(10)2)12-6-4-3-5-7-12;/h1-8,10-15H;3-6,8-9H,1-2H3;/q2*-1;. The van der Waals surface area contributed by atoms with Gasteiger partial charge in [-0.2, -0.15) is 0 Å². The second-order valence-corrected chi connectivity index (χ2v) is 10.2. The monoisotopic (exact) mass is 719 g/mol. The van der Waals surface area contributed by atoms with Gasteiger partial charge in [0.1, 0.15) is 5.58 Å². The fourth-order valence-corrected chi connectivity index (χ4v) is 5.31. The van der Waals surface area contributed by atoms with Gasteiger partial charge >= 0.3 is 0 Å². The van der Waals surface area contributed by atoms with E-state index in [4.69, 9.17) is 4.42 Å². The van der Waals surface area contributed by atoms with Crippen molar-refractivity contribution >= 4 is 43.5 Å². The molecule has 0 saturated carbocycles. The molecule has 8 rings (SSSR count). The molecule has 0 spiro atoms. The Morgan fingerprint density at radius 2 is 1.38 bits per heavy atom. The van der Waals surface area contributed by atoms with Gasteiger partial charge in [0.15, 0.2) is 0 Å². The molecule has 0 bridgehead atoms. The van der Waals surface area contributed by atoms with Crippen LogP contribution in [-0.2, 0) is 20.1 Å². The minimum Gasteiger partial charge on any atom is -0.500 e. The maximum atomic E-state index is 6.49. The number of hydrogen-bond acceptors (Lipinski definition) is 3. The SMILES string of the molecule is Cc1cnc(-c2[c-]cccc2)cc1C.[Ir].[c-]1ccc2c(oc3c2ccc2ccc4ccccc4c23)c1-c1ccccn1. The third kappa shape index (κ3) is 5.00. The molecule has 0 unspecified atom stereocenters.